The molecule has 0 aliphatic carbocycles. The molecule has 0 spiro atoms. The average Bonchev–Trinajstić information content (AvgIpc) is 2.70. The van der Waals surface area contributed by atoms with E-state index in [1.165, 1.54) is 19.4 Å². The Morgan fingerprint density at radius 3 is 2.89 bits per heavy atom. The van der Waals surface area contributed by atoms with Gasteiger partial charge in [-0.2, -0.15) is 0 Å². The van der Waals surface area contributed by atoms with Gasteiger partial charge < -0.3 is 16.0 Å². The van der Waals surface area contributed by atoms with E-state index < -0.39 is 0 Å². The number of rotatable bonds is 4. The van der Waals surface area contributed by atoms with Crippen LogP contribution in [0.5, 0.6) is 0 Å². The number of thiocarbonyl (C=S) groups is 1. The van der Waals surface area contributed by atoms with E-state index in [-0.39, 0.29) is 0 Å². The lowest BCUT2D eigenvalue weighted by molar-refractivity contribution is 0.322. The minimum Gasteiger partial charge on any atom is -0.389 e. The molecule has 1 saturated heterocycles. The molecule has 2 heterocycles. The van der Waals surface area contributed by atoms with Gasteiger partial charge in [-0.15, -0.1) is 0 Å². The fourth-order valence-electron chi connectivity index (χ4n) is 2.73. The van der Waals surface area contributed by atoms with Gasteiger partial charge in [0.1, 0.15) is 10.8 Å². The summed E-state index contributed by atoms with van der Waals surface area (Å²) in [6.45, 7) is 6.08. The Hall–Kier alpha value is -1.20. The van der Waals surface area contributed by atoms with E-state index in [2.05, 4.69) is 22.2 Å². The highest BCUT2D eigenvalue weighted by atomic mass is 32.1. The van der Waals surface area contributed by atoms with E-state index in [1.54, 1.807) is 0 Å². The second-order valence-electron chi connectivity index (χ2n) is 5.33. The van der Waals surface area contributed by atoms with Gasteiger partial charge in [-0.25, -0.2) is 4.98 Å². The summed E-state index contributed by atoms with van der Waals surface area (Å²) >= 11 is 5.14. The summed E-state index contributed by atoms with van der Waals surface area (Å²) in [5, 5.41) is 3.43. The number of hydrogen-bond donors (Lipinski definition) is 2. The molecule has 1 aromatic rings. The molecule has 104 valence electrons. The van der Waals surface area contributed by atoms with Gasteiger partial charge >= 0.3 is 0 Å². The largest absolute Gasteiger partial charge is 0.389 e. The van der Waals surface area contributed by atoms with E-state index in [0.717, 1.165) is 29.2 Å². The quantitative estimate of drug-likeness (QED) is 0.823. The van der Waals surface area contributed by atoms with Crippen molar-refractivity contribution in [2.45, 2.75) is 32.7 Å². The smallest absolute Gasteiger partial charge is 0.136 e. The van der Waals surface area contributed by atoms with E-state index in [0.29, 0.717) is 11.0 Å². The van der Waals surface area contributed by atoms with Crippen molar-refractivity contribution in [1.29, 1.82) is 0 Å². The number of pyridine rings is 1. The minimum absolute atomic E-state index is 0.410. The Kier molecular flexibility index (Phi) is 4.37. The Morgan fingerprint density at radius 1 is 1.58 bits per heavy atom. The molecule has 0 saturated carbocycles. The van der Waals surface area contributed by atoms with Crippen molar-refractivity contribution >= 4 is 23.0 Å². The van der Waals surface area contributed by atoms with Crippen LogP contribution >= 0.6 is 12.2 Å². The molecule has 1 fully saturated rings. The standard InChI is InChI=1S/C14H22N4S/c1-9-7-10(2)17-14(12(9)13(15)19)16-8-11-5-4-6-18(11)3/h7,11H,4-6,8H2,1-3H3,(H2,15,19)(H,16,17). The first-order valence-corrected chi connectivity index (χ1v) is 7.12. The lowest BCUT2D eigenvalue weighted by atomic mass is 10.1. The second kappa shape index (κ2) is 5.84. The van der Waals surface area contributed by atoms with Gasteiger partial charge in [0, 0.05) is 18.3 Å². The average molecular weight is 278 g/mol. The zero-order valence-corrected chi connectivity index (χ0v) is 12.7. The van der Waals surface area contributed by atoms with Gasteiger partial charge in [0.25, 0.3) is 0 Å². The number of anilines is 1. The lowest BCUT2D eigenvalue weighted by Gasteiger charge is -2.21. The molecule has 0 aromatic carbocycles. The zero-order chi connectivity index (χ0) is 14.0. The SMILES string of the molecule is Cc1cc(C)c(C(N)=S)c(NCC2CCCN2C)n1. The third kappa shape index (κ3) is 3.22. The molecule has 1 aliphatic rings. The van der Waals surface area contributed by atoms with Crippen LogP contribution in [-0.4, -0.2) is 41.1 Å². The maximum absolute atomic E-state index is 5.82. The maximum Gasteiger partial charge on any atom is 0.136 e. The number of aryl methyl sites for hydroxylation is 2. The van der Waals surface area contributed by atoms with E-state index in [1.807, 2.05) is 19.9 Å². The van der Waals surface area contributed by atoms with Crippen LogP contribution in [0.15, 0.2) is 6.07 Å². The Labute approximate surface area is 120 Å². The highest BCUT2D eigenvalue weighted by molar-refractivity contribution is 7.80. The van der Waals surface area contributed by atoms with Crippen LogP contribution in [0.4, 0.5) is 5.82 Å². The number of aromatic nitrogens is 1. The van der Waals surface area contributed by atoms with Crippen molar-refractivity contribution in [3.8, 4) is 0 Å². The van der Waals surface area contributed by atoms with Gasteiger partial charge in [0.05, 0.1) is 5.56 Å². The molecule has 5 heteroatoms. The molecule has 19 heavy (non-hydrogen) atoms. The third-order valence-corrected chi connectivity index (χ3v) is 3.97. The molecule has 2 rings (SSSR count). The van der Waals surface area contributed by atoms with Gasteiger partial charge in [-0.1, -0.05) is 12.2 Å². The molecule has 1 aliphatic heterocycles. The lowest BCUT2D eigenvalue weighted by Crippen LogP contribution is -2.32. The number of likely N-dealkylation sites (N-methyl/N-ethyl adjacent to an activating group) is 1. The first-order chi connectivity index (χ1) is 8.99. The highest BCUT2D eigenvalue weighted by Crippen LogP contribution is 2.20. The normalized spacial score (nSPS) is 19.6. The summed E-state index contributed by atoms with van der Waals surface area (Å²) in [4.78, 5) is 7.34. The molecular formula is C14H22N4S. The van der Waals surface area contributed by atoms with Crippen LogP contribution in [0.3, 0.4) is 0 Å². The van der Waals surface area contributed by atoms with E-state index in [9.17, 15) is 0 Å². The van der Waals surface area contributed by atoms with Crippen molar-refractivity contribution in [2.75, 3.05) is 25.5 Å². The zero-order valence-electron chi connectivity index (χ0n) is 11.9. The summed E-state index contributed by atoms with van der Waals surface area (Å²) in [6, 6.07) is 2.59. The molecule has 1 unspecified atom stereocenters. The van der Waals surface area contributed by atoms with Crippen molar-refractivity contribution in [2.24, 2.45) is 5.73 Å². The monoisotopic (exact) mass is 278 g/mol. The molecule has 1 atom stereocenters. The van der Waals surface area contributed by atoms with E-state index >= 15 is 0 Å². The summed E-state index contributed by atoms with van der Waals surface area (Å²) < 4.78 is 0. The Balaban J connectivity index is 2.17. The third-order valence-electron chi connectivity index (χ3n) is 3.77. The minimum atomic E-state index is 0.410. The molecule has 0 amide bonds. The van der Waals surface area contributed by atoms with Crippen molar-refractivity contribution in [3.05, 3.63) is 22.9 Å². The number of nitrogens with two attached hydrogens (primary N) is 1. The maximum atomic E-state index is 5.82. The Bertz CT molecular complexity index is 487. The van der Waals surface area contributed by atoms with Crippen molar-refractivity contribution in [1.82, 2.24) is 9.88 Å². The number of nitrogens with zero attached hydrogens (tertiary/aromatic N) is 2. The van der Waals surface area contributed by atoms with Crippen LogP contribution in [-0.2, 0) is 0 Å². The molecule has 3 N–H and O–H groups in total. The summed E-state index contributed by atoms with van der Waals surface area (Å²) in [7, 11) is 2.17. The van der Waals surface area contributed by atoms with Gasteiger partial charge in [-0.05, 0) is 51.9 Å². The van der Waals surface area contributed by atoms with E-state index in [4.69, 9.17) is 18.0 Å². The number of likely N-dealkylation sites (tertiary alicyclic amines) is 1. The molecular weight excluding hydrogens is 256 g/mol. The predicted octanol–water partition coefficient (Wildman–Crippen LogP) is 1.84. The second-order valence-corrected chi connectivity index (χ2v) is 5.77. The number of nitrogens with one attached hydrogen (secondary N) is 1. The van der Waals surface area contributed by atoms with Crippen LogP contribution in [0, 0.1) is 13.8 Å². The summed E-state index contributed by atoms with van der Waals surface area (Å²) in [5.41, 5.74) is 8.77. The Morgan fingerprint density at radius 2 is 2.32 bits per heavy atom. The van der Waals surface area contributed by atoms with Crippen molar-refractivity contribution < 1.29 is 0 Å². The van der Waals surface area contributed by atoms with Crippen LogP contribution in [0.2, 0.25) is 0 Å². The topological polar surface area (TPSA) is 54.2 Å². The van der Waals surface area contributed by atoms with Crippen LogP contribution in [0.25, 0.3) is 0 Å². The molecule has 4 nitrogen and oxygen atoms in total. The molecule has 0 bridgehead atoms. The molecule has 0 radical (unpaired) electrons. The van der Waals surface area contributed by atoms with Gasteiger partial charge in [-0.3, -0.25) is 0 Å². The predicted molar refractivity (Wildman–Crippen MR) is 83.7 cm³/mol. The van der Waals surface area contributed by atoms with Crippen LogP contribution in [0.1, 0.15) is 29.7 Å². The van der Waals surface area contributed by atoms with Crippen LogP contribution < -0.4 is 11.1 Å². The summed E-state index contributed by atoms with van der Waals surface area (Å²) in [5.74, 6) is 0.824. The first-order valence-electron chi connectivity index (χ1n) is 6.71. The fraction of sp³-hybridized carbons (Fsp3) is 0.571. The van der Waals surface area contributed by atoms with Gasteiger partial charge in [0.15, 0.2) is 0 Å². The fourth-order valence-corrected chi connectivity index (χ4v) is 2.99. The number of hydrogen-bond acceptors (Lipinski definition) is 4. The highest BCUT2D eigenvalue weighted by Gasteiger charge is 2.21. The summed E-state index contributed by atoms with van der Waals surface area (Å²) in [6.07, 6.45) is 2.50. The van der Waals surface area contributed by atoms with Crippen molar-refractivity contribution in [3.63, 3.8) is 0 Å². The first kappa shape index (κ1) is 14.2. The molecule has 1 aromatic heterocycles. The van der Waals surface area contributed by atoms with Gasteiger partial charge in [0.2, 0.25) is 0 Å².